The van der Waals surface area contributed by atoms with Crippen LogP contribution >= 0.6 is 0 Å². The van der Waals surface area contributed by atoms with Crippen molar-refractivity contribution in [3.8, 4) is 0 Å². The van der Waals surface area contributed by atoms with Gasteiger partial charge in [0.2, 0.25) is 0 Å². The Morgan fingerprint density at radius 2 is 1.17 bits per heavy atom. The zero-order chi connectivity index (χ0) is 37.5. The molecule has 2 unspecified atom stereocenters. The summed E-state index contributed by atoms with van der Waals surface area (Å²) in [5.41, 5.74) is 0.873. The molecule has 2 atom stereocenters. The Balaban J connectivity index is 0.000000201. The first-order valence-corrected chi connectivity index (χ1v) is 17.0. The van der Waals surface area contributed by atoms with E-state index in [0.29, 0.717) is 55.2 Å². The maximum absolute atomic E-state index is 13.3. The quantitative estimate of drug-likeness (QED) is 0.194. The second-order valence-corrected chi connectivity index (χ2v) is 12.7. The molecule has 6 rings (SSSR count). The molecule has 0 saturated carbocycles. The Hall–Kier alpha value is -5.14. The van der Waals surface area contributed by atoms with Gasteiger partial charge < -0.3 is 20.4 Å². The molecule has 2 aliphatic heterocycles. The van der Waals surface area contributed by atoms with Gasteiger partial charge in [0.05, 0.1) is 11.1 Å². The van der Waals surface area contributed by atoms with Crippen LogP contribution in [0.25, 0.3) is 0 Å². The highest BCUT2D eigenvalue weighted by molar-refractivity contribution is 5.95. The molecule has 276 valence electrons. The number of carbonyl (C=O) groups is 2. The van der Waals surface area contributed by atoms with Crippen molar-refractivity contribution in [2.24, 2.45) is 0 Å². The van der Waals surface area contributed by atoms with Gasteiger partial charge >= 0.3 is 12.4 Å². The number of aromatic nitrogens is 2. The molecule has 2 amide bonds. The van der Waals surface area contributed by atoms with Crippen LogP contribution in [0.3, 0.4) is 0 Å². The molecule has 4 heterocycles. The van der Waals surface area contributed by atoms with Crippen molar-refractivity contribution < 1.29 is 35.9 Å². The molecule has 2 aromatic carbocycles. The zero-order valence-electron chi connectivity index (χ0n) is 28.8. The van der Waals surface area contributed by atoms with E-state index < -0.39 is 23.5 Å². The van der Waals surface area contributed by atoms with Crippen LogP contribution in [0.2, 0.25) is 0 Å². The Morgan fingerprint density at radius 3 is 1.67 bits per heavy atom. The number of anilines is 2. The summed E-state index contributed by atoms with van der Waals surface area (Å²) >= 11 is 0. The largest absolute Gasteiger partial charge is 0.416 e. The summed E-state index contributed by atoms with van der Waals surface area (Å²) in [6, 6.07) is 17.5. The van der Waals surface area contributed by atoms with Crippen molar-refractivity contribution >= 4 is 23.5 Å². The van der Waals surface area contributed by atoms with Gasteiger partial charge in [0.15, 0.2) is 0 Å². The van der Waals surface area contributed by atoms with E-state index in [1.54, 1.807) is 66.6 Å². The summed E-state index contributed by atoms with van der Waals surface area (Å²) in [5.74, 6) is 0.648. The number of carbonyl (C=O) groups excluding carboxylic acids is 2. The van der Waals surface area contributed by atoms with Gasteiger partial charge in [0.25, 0.3) is 11.8 Å². The standard InChI is InChI=1S/2C19H20F3N3O/c1-23-17-11-14(8-9-24-17)18(26)25-10-2-3-15(12-25)13-4-6-16(7-5-13)19(20,21)22;1-23-17-11-13(8-9-24-17)18(26)25-10-4-5-14(12-25)15-6-2-3-7-16(15)19(20,21)22/h4-9,11,15H,2-3,10,12H2,1H3,(H,23,24);2-3,6-9,11,14H,4-5,10,12H2,1H3,(H,23,24). The number of halogens is 6. The highest BCUT2D eigenvalue weighted by Crippen LogP contribution is 2.38. The lowest BCUT2D eigenvalue weighted by molar-refractivity contribution is -0.139. The van der Waals surface area contributed by atoms with Gasteiger partial charge in [-0.1, -0.05) is 30.3 Å². The van der Waals surface area contributed by atoms with Crippen LogP contribution in [0.4, 0.5) is 38.0 Å². The van der Waals surface area contributed by atoms with Gasteiger partial charge in [-0.2, -0.15) is 26.3 Å². The minimum Gasteiger partial charge on any atom is -0.373 e. The first kappa shape index (κ1) is 38.1. The molecule has 2 N–H and O–H groups in total. The normalized spacial score (nSPS) is 17.8. The van der Waals surface area contributed by atoms with Crippen LogP contribution in [0.1, 0.15) is 80.5 Å². The molecular formula is C38H40F6N6O2. The fourth-order valence-electron chi connectivity index (χ4n) is 6.67. The Kier molecular flexibility index (Phi) is 12.1. The van der Waals surface area contributed by atoms with Crippen molar-refractivity contribution in [1.82, 2.24) is 19.8 Å². The van der Waals surface area contributed by atoms with E-state index in [4.69, 9.17) is 0 Å². The molecule has 0 spiro atoms. The second kappa shape index (κ2) is 16.5. The number of nitrogens with one attached hydrogen (secondary N) is 2. The zero-order valence-corrected chi connectivity index (χ0v) is 28.8. The van der Waals surface area contributed by atoms with Gasteiger partial charge in [-0.15, -0.1) is 0 Å². The SMILES string of the molecule is CNc1cc(C(=O)N2CCCC(c3ccc(C(F)(F)F)cc3)C2)ccn1.CNc1cc(C(=O)N2CCCC(c3ccccc3C(F)(F)F)C2)ccn1. The van der Waals surface area contributed by atoms with Crippen LogP contribution in [0.5, 0.6) is 0 Å². The van der Waals surface area contributed by atoms with Gasteiger partial charge in [0, 0.05) is 75.6 Å². The van der Waals surface area contributed by atoms with Crippen molar-refractivity contribution in [2.45, 2.75) is 49.9 Å². The summed E-state index contributed by atoms with van der Waals surface area (Å²) < 4.78 is 78.1. The number of likely N-dealkylation sites (tertiary alicyclic amines) is 2. The van der Waals surface area contributed by atoms with Crippen molar-refractivity contribution in [3.05, 3.63) is 119 Å². The van der Waals surface area contributed by atoms with E-state index >= 15 is 0 Å². The summed E-state index contributed by atoms with van der Waals surface area (Å²) in [5, 5.41) is 5.78. The van der Waals surface area contributed by atoms with E-state index in [1.165, 1.54) is 24.3 Å². The van der Waals surface area contributed by atoms with Crippen molar-refractivity contribution in [1.29, 1.82) is 0 Å². The molecule has 52 heavy (non-hydrogen) atoms. The fourth-order valence-corrected chi connectivity index (χ4v) is 6.67. The third-order valence-electron chi connectivity index (χ3n) is 9.36. The van der Waals surface area contributed by atoms with Crippen LogP contribution in [-0.2, 0) is 12.4 Å². The van der Waals surface area contributed by atoms with E-state index in [1.807, 2.05) is 0 Å². The number of nitrogens with zero attached hydrogens (tertiary/aromatic N) is 4. The van der Waals surface area contributed by atoms with Gasteiger partial charge in [-0.3, -0.25) is 9.59 Å². The first-order valence-electron chi connectivity index (χ1n) is 17.0. The molecule has 2 aliphatic rings. The molecular weight excluding hydrogens is 686 g/mol. The molecule has 8 nitrogen and oxygen atoms in total. The molecule has 0 radical (unpaired) electrons. The third-order valence-corrected chi connectivity index (χ3v) is 9.36. The van der Waals surface area contributed by atoms with Crippen molar-refractivity contribution in [3.63, 3.8) is 0 Å². The lowest BCUT2D eigenvalue weighted by Gasteiger charge is -2.34. The average molecular weight is 727 g/mol. The number of pyridine rings is 2. The number of amides is 2. The number of rotatable bonds is 6. The number of piperidine rings is 2. The summed E-state index contributed by atoms with van der Waals surface area (Å²) in [7, 11) is 3.44. The van der Waals surface area contributed by atoms with Crippen molar-refractivity contribution in [2.75, 3.05) is 50.9 Å². The number of hydrogen-bond acceptors (Lipinski definition) is 6. The Bertz CT molecular complexity index is 1830. The van der Waals surface area contributed by atoms with Crippen LogP contribution < -0.4 is 10.6 Å². The third kappa shape index (κ3) is 9.39. The molecule has 0 aliphatic carbocycles. The predicted molar refractivity (Wildman–Crippen MR) is 186 cm³/mol. The van der Waals surface area contributed by atoms with Crippen LogP contribution in [-0.4, -0.2) is 71.9 Å². The molecule has 4 aromatic rings. The molecule has 14 heteroatoms. The lowest BCUT2D eigenvalue weighted by Crippen LogP contribution is -2.39. The minimum absolute atomic E-state index is 0.0422. The molecule has 2 fully saturated rings. The minimum atomic E-state index is -4.39. The maximum atomic E-state index is 13.3. The Morgan fingerprint density at radius 1 is 0.673 bits per heavy atom. The topological polar surface area (TPSA) is 90.5 Å². The van der Waals surface area contributed by atoms with Gasteiger partial charge in [-0.25, -0.2) is 9.97 Å². The second-order valence-electron chi connectivity index (χ2n) is 12.7. The van der Waals surface area contributed by atoms with Crippen LogP contribution in [0, 0.1) is 0 Å². The lowest BCUT2D eigenvalue weighted by atomic mass is 9.87. The van der Waals surface area contributed by atoms with Crippen LogP contribution in [0.15, 0.2) is 85.2 Å². The molecule has 2 aromatic heterocycles. The fraction of sp³-hybridized carbons (Fsp3) is 0.368. The number of alkyl halides is 6. The molecule has 2 saturated heterocycles. The van der Waals surface area contributed by atoms with Gasteiger partial charge in [0.1, 0.15) is 11.6 Å². The van der Waals surface area contributed by atoms with E-state index in [-0.39, 0.29) is 35.8 Å². The first-order chi connectivity index (χ1) is 24.8. The smallest absolute Gasteiger partial charge is 0.373 e. The monoisotopic (exact) mass is 726 g/mol. The predicted octanol–water partition coefficient (Wildman–Crippen LogP) is 8.32. The maximum Gasteiger partial charge on any atom is 0.416 e. The van der Waals surface area contributed by atoms with E-state index in [2.05, 4.69) is 20.6 Å². The number of hydrogen-bond donors (Lipinski definition) is 2. The average Bonchev–Trinajstić information content (AvgIpc) is 3.17. The van der Waals surface area contributed by atoms with E-state index in [9.17, 15) is 35.9 Å². The number of benzene rings is 2. The highest BCUT2D eigenvalue weighted by atomic mass is 19.4. The summed E-state index contributed by atoms with van der Waals surface area (Å²) in [6.45, 7) is 1.97. The summed E-state index contributed by atoms with van der Waals surface area (Å²) in [4.78, 5) is 37.1. The Labute approximate surface area is 298 Å². The highest BCUT2D eigenvalue weighted by Gasteiger charge is 2.37. The molecule has 0 bridgehead atoms. The van der Waals surface area contributed by atoms with E-state index in [0.717, 1.165) is 36.6 Å². The van der Waals surface area contributed by atoms with Gasteiger partial charge in [-0.05, 0) is 79.3 Å². The summed E-state index contributed by atoms with van der Waals surface area (Å²) in [6.07, 6.45) is -2.62.